The van der Waals surface area contributed by atoms with E-state index in [1.54, 1.807) is 0 Å². The van der Waals surface area contributed by atoms with Crippen molar-refractivity contribution in [2.45, 2.75) is 12.7 Å². The molecule has 0 heterocycles. The van der Waals surface area contributed by atoms with Crippen LogP contribution in [0.2, 0.25) is 0 Å². The smallest absolute Gasteiger partial charge is 0.318 e. The van der Waals surface area contributed by atoms with Crippen LogP contribution in [-0.2, 0) is 20.4 Å². The molecule has 0 unspecified atom stereocenters. The minimum atomic E-state index is -3.82. The van der Waals surface area contributed by atoms with Gasteiger partial charge in [0.1, 0.15) is 5.75 Å². The first kappa shape index (κ1) is 14.1. The quantitative estimate of drug-likeness (QED) is 0.629. The number of hydrogen-bond donors (Lipinski definition) is 1. The van der Waals surface area contributed by atoms with Crippen LogP contribution >= 0.6 is 0 Å². The second kappa shape index (κ2) is 5.13. The highest BCUT2D eigenvalue weighted by Gasteiger charge is 2.20. The average Bonchev–Trinajstić information content (AvgIpc) is 2.18. The van der Waals surface area contributed by atoms with Gasteiger partial charge < -0.3 is 5.11 Å². The Labute approximate surface area is 103 Å². The van der Waals surface area contributed by atoms with Gasteiger partial charge in [-0.2, -0.15) is 0 Å². The SMILES string of the molecule is Cc1c(CS(=O)(=O)CC(=O)O)cccc1[N+](=O)[O-]. The average molecular weight is 273 g/mol. The van der Waals surface area contributed by atoms with Crippen LogP contribution in [0.25, 0.3) is 0 Å². The molecule has 0 radical (unpaired) electrons. The standard InChI is InChI=1S/C10H11NO6S/c1-7-8(3-2-4-9(7)11(14)15)5-18(16,17)6-10(12)13/h2-4H,5-6H2,1H3,(H,12,13). The summed E-state index contributed by atoms with van der Waals surface area (Å²) in [7, 11) is -3.82. The zero-order valence-corrected chi connectivity index (χ0v) is 10.3. The number of hydrogen-bond acceptors (Lipinski definition) is 5. The van der Waals surface area contributed by atoms with Gasteiger partial charge >= 0.3 is 5.97 Å². The van der Waals surface area contributed by atoms with E-state index in [1.165, 1.54) is 25.1 Å². The summed E-state index contributed by atoms with van der Waals surface area (Å²) < 4.78 is 23.0. The Morgan fingerprint density at radius 1 is 1.44 bits per heavy atom. The molecule has 0 atom stereocenters. The van der Waals surface area contributed by atoms with Gasteiger partial charge in [0.2, 0.25) is 0 Å². The normalized spacial score (nSPS) is 11.2. The Kier molecular flexibility index (Phi) is 4.02. The molecule has 1 aromatic carbocycles. The van der Waals surface area contributed by atoms with Crippen LogP contribution in [0.4, 0.5) is 5.69 Å². The number of sulfone groups is 1. The van der Waals surface area contributed by atoms with Crippen molar-refractivity contribution in [1.29, 1.82) is 0 Å². The van der Waals surface area contributed by atoms with Crippen molar-refractivity contribution in [3.05, 3.63) is 39.4 Å². The summed E-state index contributed by atoms with van der Waals surface area (Å²) in [6.45, 7) is 1.43. The Balaban J connectivity index is 3.10. The van der Waals surface area contributed by atoms with Gasteiger partial charge in [-0.1, -0.05) is 12.1 Å². The van der Waals surface area contributed by atoms with Gasteiger partial charge in [0, 0.05) is 11.6 Å². The summed E-state index contributed by atoms with van der Waals surface area (Å²) >= 11 is 0. The first-order valence-corrected chi connectivity index (χ1v) is 6.70. The third-order valence-electron chi connectivity index (χ3n) is 2.33. The number of aliphatic carboxylic acids is 1. The Bertz CT molecular complexity index is 592. The van der Waals surface area contributed by atoms with E-state index in [0.717, 1.165) is 0 Å². The number of nitro benzene ring substituents is 1. The Morgan fingerprint density at radius 2 is 2.06 bits per heavy atom. The largest absolute Gasteiger partial charge is 0.480 e. The van der Waals surface area contributed by atoms with Crippen molar-refractivity contribution in [1.82, 2.24) is 0 Å². The highest BCUT2D eigenvalue weighted by atomic mass is 32.2. The molecule has 0 bridgehead atoms. The highest BCUT2D eigenvalue weighted by molar-refractivity contribution is 7.91. The molecule has 0 saturated heterocycles. The predicted molar refractivity (Wildman–Crippen MR) is 63.0 cm³/mol. The van der Waals surface area contributed by atoms with Crippen molar-refractivity contribution in [3.8, 4) is 0 Å². The summed E-state index contributed by atoms with van der Waals surface area (Å²) in [5, 5.41) is 19.1. The summed E-state index contributed by atoms with van der Waals surface area (Å²) in [4.78, 5) is 20.4. The number of nitro groups is 1. The number of nitrogens with zero attached hydrogens (tertiary/aromatic N) is 1. The van der Waals surface area contributed by atoms with Crippen LogP contribution in [0.5, 0.6) is 0 Å². The lowest BCUT2D eigenvalue weighted by molar-refractivity contribution is -0.385. The molecule has 1 N–H and O–H groups in total. The zero-order valence-electron chi connectivity index (χ0n) is 9.49. The maximum Gasteiger partial charge on any atom is 0.318 e. The van der Waals surface area contributed by atoms with Crippen LogP contribution < -0.4 is 0 Å². The fraction of sp³-hybridized carbons (Fsp3) is 0.300. The third-order valence-corrected chi connectivity index (χ3v) is 3.77. The minimum absolute atomic E-state index is 0.182. The van der Waals surface area contributed by atoms with Crippen LogP contribution in [0.15, 0.2) is 18.2 Å². The number of carbonyl (C=O) groups is 1. The number of carboxylic acid groups (broad SMARTS) is 1. The van der Waals surface area contributed by atoms with Crippen LogP contribution in [0, 0.1) is 17.0 Å². The molecule has 0 amide bonds. The van der Waals surface area contributed by atoms with Crippen LogP contribution in [0.1, 0.15) is 11.1 Å². The first-order valence-electron chi connectivity index (χ1n) is 4.88. The van der Waals surface area contributed by atoms with Gasteiger partial charge in [-0.3, -0.25) is 14.9 Å². The Morgan fingerprint density at radius 3 is 2.56 bits per heavy atom. The van der Waals surface area contributed by atoms with E-state index in [2.05, 4.69) is 0 Å². The molecule has 1 aromatic rings. The molecule has 0 spiro atoms. The molecule has 0 aromatic heterocycles. The molecule has 18 heavy (non-hydrogen) atoms. The lowest BCUT2D eigenvalue weighted by atomic mass is 10.1. The van der Waals surface area contributed by atoms with Crippen molar-refractivity contribution in [3.63, 3.8) is 0 Å². The van der Waals surface area contributed by atoms with Crippen molar-refractivity contribution in [2.24, 2.45) is 0 Å². The van der Waals surface area contributed by atoms with Crippen LogP contribution in [0.3, 0.4) is 0 Å². The lowest BCUT2D eigenvalue weighted by Gasteiger charge is -2.06. The van der Waals surface area contributed by atoms with Crippen molar-refractivity contribution in [2.75, 3.05) is 5.75 Å². The van der Waals surface area contributed by atoms with Crippen molar-refractivity contribution >= 4 is 21.5 Å². The molecule has 7 nitrogen and oxygen atoms in total. The minimum Gasteiger partial charge on any atom is -0.480 e. The number of benzene rings is 1. The van der Waals surface area contributed by atoms with Gasteiger partial charge in [0.15, 0.2) is 9.84 Å². The molecule has 0 aliphatic rings. The van der Waals surface area contributed by atoms with Gasteiger partial charge in [0.05, 0.1) is 10.7 Å². The van der Waals surface area contributed by atoms with E-state index in [0.29, 0.717) is 0 Å². The topological polar surface area (TPSA) is 115 Å². The third kappa shape index (κ3) is 3.52. The molecule has 0 saturated carbocycles. The monoisotopic (exact) mass is 273 g/mol. The first-order chi connectivity index (χ1) is 8.23. The number of carboxylic acids is 1. The molecule has 0 fully saturated rings. The molecule has 0 aliphatic carbocycles. The molecular weight excluding hydrogens is 262 g/mol. The van der Waals surface area contributed by atoms with E-state index in [1.807, 2.05) is 0 Å². The maximum atomic E-state index is 11.5. The molecule has 98 valence electrons. The van der Waals surface area contributed by atoms with Crippen LogP contribution in [-0.4, -0.2) is 30.2 Å². The summed E-state index contributed by atoms with van der Waals surface area (Å²) in [5.41, 5.74) is 0.292. The summed E-state index contributed by atoms with van der Waals surface area (Å²) in [5.74, 6) is -2.96. The lowest BCUT2D eigenvalue weighted by Crippen LogP contribution is -2.17. The fourth-order valence-corrected chi connectivity index (χ4v) is 2.77. The highest BCUT2D eigenvalue weighted by Crippen LogP contribution is 2.22. The molecule has 1 rings (SSSR count). The zero-order chi connectivity index (χ0) is 13.9. The second-order valence-corrected chi connectivity index (χ2v) is 5.81. The number of rotatable bonds is 5. The van der Waals surface area contributed by atoms with E-state index in [4.69, 9.17) is 5.11 Å². The Hall–Kier alpha value is -1.96. The fourth-order valence-electron chi connectivity index (χ4n) is 1.50. The van der Waals surface area contributed by atoms with E-state index in [-0.39, 0.29) is 16.8 Å². The summed E-state index contributed by atoms with van der Waals surface area (Å²) in [6, 6.07) is 4.07. The maximum absolute atomic E-state index is 11.5. The van der Waals surface area contributed by atoms with E-state index < -0.39 is 32.2 Å². The van der Waals surface area contributed by atoms with E-state index >= 15 is 0 Å². The molecule has 8 heteroatoms. The van der Waals surface area contributed by atoms with Gasteiger partial charge in [0.25, 0.3) is 5.69 Å². The summed E-state index contributed by atoms with van der Waals surface area (Å²) in [6.07, 6.45) is 0. The molecule has 0 aliphatic heterocycles. The van der Waals surface area contributed by atoms with Crippen molar-refractivity contribution < 1.29 is 23.2 Å². The van der Waals surface area contributed by atoms with Gasteiger partial charge in [-0.05, 0) is 12.5 Å². The molecular formula is C10H11NO6S. The van der Waals surface area contributed by atoms with E-state index in [9.17, 15) is 23.3 Å². The second-order valence-electron chi connectivity index (χ2n) is 3.74. The van der Waals surface area contributed by atoms with Gasteiger partial charge in [-0.15, -0.1) is 0 Å². The predicted octanol–water partition coefficient (Wildman–Crippen LogP) is 0.903. The van der Waals surface area contributed by atoms with Gasteiger partial charge in [-0.25, -0.2) is 8.42 Å².